The number of nitrogens with one attached hydrogen (secondary N) is 1. The van der Waals surface area contributed by atoms with Crippen molar-refractivity contribution in [2.75, 3.05) is 18.4 Å². The molecule has 1 fully saturated rings. The predicted molar refractivity (Wildman–Crippen MR) is 112 cm³/mol. The van der Waals surface area contributed by atoms with E-state index in [4.69, 9.17) is 4.42 Å². The summed E-state index contributed by atoms with van der Waals surface area (Å²) in [6.45, 7) is 2.73. The number of nitrogens with zero attached hydrogens (tertiary/aromatic N) is 2. The number of aromatic nitrogens is 1. The number of piperidine rings is 1. The summed E-state index contributed by atoms with van der Waals surface area (Å²) in [7, 11) is 0. The van der Waals surface area contributed by atoms with Gasteiger partial charge in [0, 0.05) is 24.3 Å². The zero-order valence-electron chi connectivity index (χ0n) is 16.7. The summed E-state index contributed by atoms with van der Waals surface area (Å²) in [5.74, 6) is 0.189. The van der Waals surface area contributed by atoms with Crippen molar-refractivity contribution in [3.05, 3.63) is 71.6 Å². The molecular weight excluding hydrogens is 382 g/mol. The Balaban J connectivity index is 1.48. The molecule has 3 heterocycles. The van der Waals surface area contributed by atoms with Crippen LogP contribution in [0.2, 0.25) is 0 Å². The van der Waals surface area contributed by atoms with Crippen LogP contribution in [0, 0.1) is 6.92 Å². The second-order valence-electron chi connectivity index (χ2n) is 7.39. The fourth-order valence-electron chi connectivity index (χ4n) is 3.61. The molecule has 1 unspecified atom stereocenters. The molecule has 1 aliphatic rings. The van der Waals surface area contributed by atoms with Gasteiger partial charge in [-0.05, 0) is 62.2 Å². The van der Waals surface area contributed by atoms with Crippen molar-refractivity contribution in [1.82, 2.24) is 9.88 Å². The number of aryl methyl sites for hydroxylation is 1. The second kappa shape index (κ2) is 8.51. The minimum absolute atomic E-state index is 0.148. The Labute approximate surface area is 174 Å². The van der Waals surface area contributed by atoms with E-state index in [1.807, 2.05) is 6.07 Å². The maximum Gasteiger partial charge on any atom is 0.257 e. The monoisotopic (exact) mass is 405 g/mol. The molecule has 2 aromatic heterocycles. The van der Waals surface area contributed by atoms with E-state index in [-0.39, 0.29) is 11.8 Å². The van der Waals surface area contributed by atoms with Gasteiger partial charge in [0.05, 0.1) is 23.6 Å². The third-order valence-corrected chi connectivity index (χ3v) is 5.16. The molecule has 4 rings (SSSR count). The quantitative estimate of drug-likeness (QED) is 0.693. The zero-order valence-corrected chi connectivity index (χ0v) is 16.7. The van der Waals surface area contributed by atoms with Gasteiger partial charge in [-0.2, -0.15) is 0 Å². The van der Waals surface area contributed by atoms with Crippen LogP contribution < -0.4 is 5.32 Å². The molecule has 1 saturated heterocycles. The summed E-state index contributed by atoms with van der Waals surface area (Å²) in [5, 5.41) is 12.7. The van der Waals surface area contributed by atoms with Gasteiger partial charge in [0.2, 0.25) is 0 Å². The standard InChI is InChI=1S/C23H23N3O4/c1-15-19(9-10-20(24-15)21-8-4-12-30-21)22(28)25-17-6-2-5-16(13-17)23(29)26-11-3-7-18(27)14-26/h2,4-6,8-10,12-13,18,27H,3,7,11,14H2,1H3,(H,25,28). The van der Waals surface area contributed by atoms with Crippen LogP contribution in [0.1, 0.15) is 39.3 Å². The molecule has 154 valence electrons. The first-order valence-electron chi connectivity index (χ1n) is 9.91. The number of anilines is 1. The molecule has 0 spiro atoms. The largest absolute Gasteiger partial charge is 0.463 e. The number of hydrogen-bond donors (Lipinski definition) is 2. The highest BCUT2D eigenvalue weighted by atomic mass is 16.3. The summed E-state index contributed by atoms with van der Waals surface area (Å²) in [4.78, 5) is 31.6. The Morgan fingerprint density at radius 3 is 2.80 bits per heavy atom. The smallest absolute Gasteiger partial charge is 0.257 e. The van der Waals surface area contributed by atoms with Crippen molar-refractivity contribution in [3.63, 3.8) is 0 Å². The van der Waals surface area contributed by atoms with Crippen LogP contribution in [0.25, 0.3) is 11.5 Å². The molecule has 1 atom stereocenters. The van der Waals surface area contributed by atoms with Crippen molar-refractivity contribution in [3.8, 4) is 11.5 Å². The predicted octanol–water partition coefficient (Wildman–Crippen LogP) is 3.50. The highest BCUT2D eigenvalue weighted by molar-refractivity contribution is 6.06. The molecular formula is C23H23N3O4. The van der Waals surface area contributed by atoms with Crippen molar-refractivity contribution >= 4 is 17.5 Å². The number of carbonyl (C=O) groups is 2. The van der Waals surface area contributed by atoms with Gasteiger partial charge in [0.15, 0.2) is 5.76 Å². The molecule has 7 heteroatoms. The molecule has 0 saturated carbocycles. The number of aliphatic hydroxyl groups is 1. The molecule has 3 aromatic rings. The van der Waals surface area contributed by atoms with Crippen LogP contribution in [0.5, 0.6) is 0 Å². The van der Waals surface area contributed by atoms with Gasteiger partial charge < -0.3 is 19.7 Å². The molecule has 2 N–H and O–H groups in total. The Morgan fingerprint density at radius 1 is 1.20 bits per heavy atom. The van der Waals surface area contributed by atoms with Gasteiger partial charge in [-0.15, -0.1) is 0 Å². The van der Waals surface area contributed by atoms with Crippen molar-refractivity contribution < 1.29 is 19.1 Å². The third-order valence-electron chi connectivity index (χ3n) is 5.16. The van der Waals surface area contributed by atoms with E-state index >= 15 is 0 Å². The number of likely N-dealkylation sites (tertiary alicyclic amines) is 1. The van der Waals surface area contributed by atoms with Gasteiger partial charge in [0.1, 0.15) is 5.69 Å². The summed E-state index contributed by atoms with van der Waals surface area (Å²) in [6, 6.07) is 13.9. The van der Waals surface area contributed by atoms with Crippen LogP contribution in [0.4, 0.5) is 5.69 Å². The van der Waals surface area contributed by atoms with E-state index in [1.54, 1.807) is 60.6 Å². The van der Waals surface area contributed by atoms with Crippen LogP contribution in [-0.2, 0) is 0 Å². The van der Waals surface area contributed by atoms with Gasteiger partial charge in [-0.25, -0.2) is 4.98 Å². The first-order chi connectivity index (χ1) is 14.5. The molecule has 1 aromatic carbocycles. The molecule has 1 aliphatic heterocycles. The second-order valence-corrected chi connectivity index (χ2v) is 7.39. The number of β-amino-alcohol motifs (C(OH)–C–C–N with tert-alkyl or cyclic N) is 1. The Morgan fingerprint density at radius 2 is 2.07 bits per heavy atom. The minimum atomic E-state index is -0.481. The number of hydrogen-bond acceptors (Lipinski definition) is 5. The van der Waals surface area contributed by atoms with Crippen molar-refractivity contribution in [2.24, 2.45) is 0 Å². The van der Waals surface area contributed by atoms with E-state index in [0.29, 0.717) is 53.5 Å². The summed E-state index contributed by atoms with van der Waals surface area (Å²) >= 11 is 0. The number of benzene rings is 1. The van der Waals surface area contributed by atoms with E-state index in [1.165, 1.54) is 0 Å². The topological polar surface area (TPSA) is 95.7 Å². The van der Waals surface area contributed by atoms with Crippen molar-refractivity contribution in [2.45, 2.75) is 25.9 Å². The average molecular weight is 405 g/mol. The lowest BCUT2D eigenvalue weighted by molar-refractivity contribution is 0.0474. The van der Waals surface area contributed by atoms with E-state index in [0.717, 1.165) is 6.42 Å². The summed E-state index contributed by atoms with van der Waals surface area (Å²) in [5.41, 5.74) is 2.69. The minimum Gasteiger partial charge on any atom is -0.463 e. The Bertz CT molecular complexity index is 1060. The average Bonchev–Trinajstić information content (AvgIpc) is 3.28. The van der Waals surface area contributed by atoms with Crippen LogP contribution >= 0.6 is 0 Å². The molecule has 0 aliphatic carbocycles. The van der Waals surface area contributed by atoms with Crippen LogP contribution in [0.3, 0.4) is 0 Å². The SMILES string of the molecule is Cc1nc(-c2ccco2)ccc1C(=O)Nc1cccc(C(=O)N2CCCC(O)C2)c1. The fourth-order valence-corrected chi connectivity index (χ4v) is 3.61. The molecule has 30 heavy (non-hydrogen) atoms. The Kier molecular flexibility index (Phi) is 5.63. The summed E-state index contributed by atoms with van der Waals surface area (Å²) < 4.78 is 5.35. The Hall–Kier alpha value is -3.45. The number of furan rings is 1. The molecule has 7 nitrogen and oxygen atoms in total. The molecule has 0 bridgehead atoms. The number of pyridine rings is 1. The number of carbonyl (C=O) groups excluding carboxylic acids is 2. The highest BCUT2D eigenvalue weighted by Gasteiger charge is 2.23. The first kappa shape index (κ1) is 19.8. The van der Waals surface area contributed by atoms with Crippen molar-refractivity contribution in [1.29, 1.82) is 0 Å². The van der Waals surface area contributed by atoms with Gasteiger partial charge >= 0.3 is 0 Å². The van der Waals surface area contributed by atoms with Gasteiger partial charge in [-0.3, -0.25) is 9.59 Å². The number of amides is 2. The number of rotatable bonds is 4. The lowest BCUT2D eigenvalue weighted by atomic mass is 10.1. The molecule has 2 amide bonds. The normalized spacial score (nSPS) is 16.3. The van der Waals surface area contributed by atoms with E-state index in [2.05, 4.69) is 10.3 Å². The van der Waals surface area contributed by atoms with Gasteiger partial charge in [0.25, 0.3) is 11.8 Å². The number of aliphatic hydroxyl groups excluding tert-OH is 1. The zero-order chi connectivity index (χ0) is 21.1. The third kappa shape index (κ3) is 4.26. The highest BCUT2D eigenvalue weighted by Crippen LogP contribution is 2.21. The lowest BCUT2D eigenvalue weighted by Crippen LogP contribution is -2.42. The maximum absolute atomic E-state index is 12.8. The molecule has 0 radical (unpaired) electrons. The lowest BCUT2D eigenvalue weighted by Gasteiger charge is -2.30. The van der Waals surface area contributed by atoms with Crippen LogP contribution in [0.15, 0.2) is 59.2 Å². The summed E-state index contributed by atoms with van der Waals surface area (Å²) in [6.07, 6.45) is 2.59. The van der Waals surface area contributed by atoms with E-state index in [9.17, 15) is 14.7 Å². The van der Waals surface area contributed by atoms with Crippen LogP contribution in [-0.4, -0.2) is 46.0 Å². The fraction of sp³-hybridized carbons (Fsp3) is 0.261. The first-order valence-corrected chi connectivity index (χ1v) is 9.91. The van der Waals surface area contributed by atoms with Gasteiger partial charge in [-0.1, -0.05) is 6.07 Å². The van der Waals surface area contributed by atoms with E-state index < -0.39 is 6.10 Å². The maximum atomic E-state index is 12.8.